The van der Waals surface area contributed by atoms with Crippen LogP contribution >= 0.6 is 0 Å². The highest BCUT2D eigenvalue weighted by molar-refractivity contribution is 5.95. The molecular formula is C27H32N6O5. The molecule has 4 amide bonds. The number of carbonyl (C=O) groups is 3. The minimum absolute atomic E-state index is 0.0222. The first-order chi connectivity index (χ1) is 18.2. The van der Waals surface area contributed by atoms with Gasteiger partial charge in [0.25, 0.3) is 5.91 Å². The first kappa shape index (κ1) is 29.6. The van der Waals surface area contributed by atoms with E-state index >= 15 is 0 Å². The van der Waals surface area contributed by atoms with Crippen LogP contribution in [0.15, 0.2) is 48.5 Å². The molecule has 2 unspecified atom stereocenters. The summed E-state index contributed by atoms with van der Waals surface area (Å²) in [7, 11) is 0. The number of nitriles is 2. The molecule has 0 aliphatic carbocycles. The SMILES string of the molecule is CCc1ccc(-c2ccc(C(=O)NC(CN(O)C(=O)NCCC#N)C(C)[C@@H](CC#N)OC(N)=O)cc2)cc1. The van der Waals surface area contributed by atoms with Crippen LogP contribution in [0.3, 0.4) is 0 Å². The Morgan fingerprint density at radius 1 is 1.05 bits per heavy atom. The molecule has 5 N–H and O–H groups in total. The minimum atomic E-state index is -1.10. The van der Waals surface area contributed by atoms with Crippen molar-refractivity contribution in [3.63, 3.8) is 0 Å². The molecule has 0 aromatic heterocycles. The molecule has 2 rings (SSSR count). The van der Waals surface area contributed by atoms with Gasteiger partial charge in [-0.05, 0) is 35.2 Å². The number of benzene rings is 2. The zero-order valence-corrected chi connectivity index (χ0v) is 21.4. The molecule has 0 saturated carbocycles. The molecule has 11 nitrogen and oxygen atoms in total. The summed E-state index contributed by atoms with van der Waals surface area (Å²) in [6.07, 6.45) is -1.34. The number of nitrogens with one attached hydrogen (secondary N) is 2. The molecule has 0 bridgehead atoms. The first-order valence-corrected chi connectivity index (χ1v) is 12.1. The summed E-state index contributed by atoms with van der Waals surface area (Å²) >= 11 is 0. The number of urea groups is 1. The average molecular weight is 521 g/mol. The van der Waals surface area contributed by atoms with E-state index in [2.05, 4.69) is 17.6 Å². The molecule has 0 radical (unpaired) electrons. The Morgan fingerprint density at radius 2 is 1.66 bits per heavy atom. The fraction of sp³-hybridized carbons (Fsp3) is 0.370. The van der Waals surface area contributed by atoms with Gasteiger partial charge < -0.3 is 21.1 Å². The summed E-state index contributed by atoms with van der Waals surface area (Å²) in [6, 6.07) is 17.0. The molecule has 11 heteroatoms. The minimum Gasteiger partial charge on any atom is -0.445 e. The van der Waals surface area contributed by atoms with Gasteiger partial charge in [-0.15, -0.1) is 0 Å². The molecule has 0 spiro atoms. The number of amides is 4. The van der Waals surface area contributed by atoms with Gasteiger partial charge in [-0.2, -0.15) is 10.5 Å². The van der Waals surface area contributed by atoms with Crippen LogP contribution in [-0.2, 0) is 11.2 Å². The lowest BCUT2D eigenvalue weighted by molar-refractivity contribution is -0.0577. The standard InChI is InChI=1S/C27H32N6O5/c1-3-19-5-7-20(8-6-19)21-9-11-22(12-10-21)25(34)32-23(17-33(37)27(36)31-16-4-14-28)18(2)24(13-15-29)38-26(30)35/h5-12,18,23-24,37H,3-4,13,16-17H2,1-2H3,(H2,30,35)(H,31,36)(H,32,34)/t18?,23?,24-/m1/s1. The maximum Gasteiger partial charge on any atom is 0.404 e. The predicted octanol–water partition coefficient (Wildman–Crippen LogP) is 3.34. The van der Waals surface area contributed by atoms with E-state index in [0.29, 0.717) is 10.6 Å². The first-order valence-electron chi connectivity index (χ1n) is 12.1. The Kier molecular flexibility index (Phi) is 11.6. The average Bonchev–Trinajstić information content (AvgIpc) is 2.91. The fourth-order valence-electron chi connectivity index (χ4n) is 3.76. The topological polar surface area (TPSA) is 182 Å². The Labute approximate surface area is 221 Å². The monoisotopic (exact) mass is 520 g/mol. The summed E-state index contributed by atoms with van der Waals surface area (Å²) in [5.41, 5.74) is 8.61. The van der Waals surface area contributed by atoms with Gasteiger partial charge in [-0.3, -0.25) is 10.0 Å². The van der Waals surface area contributed by atoms with Crippen LogP contribution in [0.2, 0.25) is 0 Å². The molecule has 2 aromatic rings. The third kappa shape index (κ3) is 8.80. The lowest BCUT2D eigenvalue weighted by Crippen LogP contribution is -2.53. The van der Waals surface area contributed by atoms with Crippen LogP contribution < -0.4 is 16.4 Å². The lowest BCUT2D eigenvalue weighted by Gasteiger charge is -2.32. The number of nitrogens with zero attached hydrogens (tertiary/aromatic N) is 3. The number of ether oxygens (including phenoxy) is 1. The highest BCUT2D eigenvalue weighted by atomic mass is 16.6. The van der Waals surface area contributed by atoms with Crippen LogP contribution in [0, 0.1) is 28.6 Å². The quantitative estimate of drug-likeness (QED) is 0.188. The number of aryl methyl sites for hydroxylation is 1. The molecule has 0 fully saturated rings. The van der Waals surface area contributed by atoms with E-state index < -0.39 is 42.6 Å². The number of nitrogens with two attached hydrogens (primary N) is 1. The van der Waals surface area contributed by atoms with Crippen molar-refractivity contribution in [3.05, 3.63) is 59.7 Å². The fourth-order valence-corrected chi connectivity index (χ4v) is 3.76. The molecule has 0 aliphatic rings. The van der Waals surface area contributed by atoms with E-state index in [9.17, 15) is 19.6 Å². The number of hydrogen-bond acceptors (Lipinski definition) is 7. The Hall–Kier alpha value is -4.61. The maximum absolute atomic E-state index is 13.1. The molecule has 0 saturated heterocycles. The van der Waals surface area contributed by atoms with Crippen molar-refractivity contribution in [3.8, 4) is 23.3 Å². The largest absolute Gasteiger partial charge is 0.445 e. The number of primary amides is 1. The second-order valence-electron chi connectivity index (χ2n) is 8.63. The van der Waals surface area contributed by atoms with Crippen LogP contribution in [-0.4, -0.2) is 53.5 Å². The highest BCUT2D eigenvalue weighted by Crippen LogP contribution is 2.22. The maximum atomic E-state index is 13.1. The van der Waals surface area contributed by atoms with Crippen molar-refractivity contribution >= 4 is 18.0 Å². The third-order valence-electron chi connectivity index (χ3n) is 6.06. The zero-order valence-electron chi connectivity index (χ0n) is 21.4. The number of hydrogen-bond donors (Lipinski definition) is 4. The van der Waals surface area contributed by atoms with Crippen molar-refractivity contribution < 1.29 is 24.3 Å². The van der Waals surface area contributed by atoms with E-state index in [-0.39, 0.29) is 19.4 Å². The molecular weight excluding hydrogens is 488 g/mol. The Bertz CT molecular complexity index is 1170. The molecule has 3 atom stereocenters. The van der Waals surface area contributed by atoms with Crippen LogP contribution in [0.25, 0.3) is 11.1 Å². The summed E-state index contributed by atoms with van der Waals surface area (Å²) < 4.78 is 5.05. The van der Waals surface area contributed by atoms with Crippen LogP contribution in [0.5, 0.6) is 0 Å². The van der Waals surface area contributed by atoms with Crippen LogP contribution in [0.4, 0.5) is 9.59 Å². The van der Waals surface area contributed by atoms with E-state index in [1.54, 1.807) is 19.1 Å². The third-order valence-corrected chi connectivity index (χ3v) is 6.06. The summed E-state index contributed by atoms with van der Waals surface area (Å²) in [4.78, 5) is 36.7. The van der Waals surface area contributed by atoms with Crippen LogP contribution in [0.1, 0.15) is 42.6 Å². The lowest BCUT2D eigenvalue weighted by atomic mass is 9.93. The van der Waals surface area contributed by atoms with E-state index in [1.165, 1.54) is 5.56 Å². The second kappa shape index (κ2) is 14.8. The summed E-state index contributed by atoms with van der Waals surface area (Å²) in [5, 5.41) is 33.6. The number of rotatable bonds is 12. The van der Waals surface area contributed by atoms with Crippen molar-refractivity contribution in [1.82, 2.24) is 15.7 Å². The molecule has 0 heterocycles. The van der Waals surface area contributed by atoms with Gasteiger partial charge in [0, 0.05) is 18.0 Å². The van der Waals surface area contributed by atoms with Gasteiger partial charge in [-0.25, -0.2) is 14.7 Å². The summed E-state index contributed by atoms with van der Waals surface area (Å²) in [5.74, 6) is -1.22. The Morgan fingerprint density at radius 3 is 2.18 bits per heavy atom. The van der Waals surface area contributed by atoms with Crippen molar-refractivity contribution in [2.45, 2.75) is 45.3 Å². The van der Waals surface area contributed by atoms with E-state index in [1.807, 2.05) is 48.5 Å². The molecule has 38 heavy (non-hydrogen) atoms. The molecule has 0 aliphatic heterocycles. The second-order valence-corrected chi connectivity index (χ2v) is 8.63. The van der Waals surface area contributed by atoms with Crippen molar-refractivity contribution in [2.75, 3.05) is 13.1 Å². The highest BCUT2D eigenvalue weighted by Gasteiger charge is 2.32. The van der Waals surface area contributed by atoms with E-state index in [0.717, 1.165) is 17.5 Å². The molecule has 200 valence electrons. The zero-order chi connectivity index (χ0) is 28.1. The normalized spacial score (nSPS) is 12.7. The van der Waals surface area contributed by atoms with Crippen molar-refractivity contribution in [2.24, 2.45) is 11.7 Å². The predicted molar refractivity (Wildman–Crippen MR) is 138 cm³/mol. The van der Waals surface area contributed by atoms with Gasteiger partial charge in [0.05, 0.1) is 37.6 Å². The van der Waals surface area contributed by atoms with Gasteiger partial charge in [0.1, 0.15) is 6.10 Å². The number of carbonyl (C=O) groups excluding carboxylic acids is 3. The smallest absolute Gasteiger partial charge is 0.404 e. The Balaban J connectivity index is 2.22. The van der Waals surface area contributed by atoms with Gasteiger partial charge in [0.2, 0.25) is 0 Å². The van der Waals surface area contributed by atoms with E-state index in [4.69, 9.17) is 21.0 Å². The van der Waals surface area contributed by atoms with Gasteiger partial charge >= 0.3 is 12.1 Å². The van der Waals surface area contributed by atoms with Gasteiger partial charge in [-0.1, -0.05) is 50.2 Å². The number of hydroxylamine groups is 2. The summed E-state index contributed by atoms with van der Waals surface area (Å²) in [6.45, 7) is 3.31. The van der Waals surface area contributed by atoms with Crippen molar-refractivity contribution in [1.29, 1.82) is 10.5 Å². The van der Waals surface area contributed by atoms with Gasteiger partial charge in [0.15, 0.2) is 0 Å². The molecule has 2 aromatic carbocycles.